The maximum atomic E-state index is 9.87. The SMILES string of the molecule is OC[C@H]1O[C@H](OCCCNCCCO[C@H]2O[C@H](CO)[C@@H](O)[C@H](O)[C@@H]2O)[C@@H](O)[C@@H](O)[C@@H]1O. The van der Waals surface area contributed by atoms with Crippen LogP contribution in [0.25, 0.3) is 0 Å². The van der Waals surface area contributed by atoms with Crippen LogP contribution in [0, 0.1) is 0 Å². The van der Waals surface area contributed by atoms with Crippen molar-refractivity contribution in [2.75, 3.05) is 39.5 Å². The fourth-order valence-corrected chi connectivity index (χ4v) is 3.33. The molecule has 0 aliphatic carbocycles. The number of hydrogen-bond acceptors (Lipinski definition) is 13. The summed E-state index contributed by atoms with van der Waals surface area (Å²) in [5.74, 6) is 0. The summed E-state index contributed by atoms with van der Waals surface area (Å²) in [5.41, 5.74) is 0. The molecular weight excluding hydrogens is 422 g/mol. The fourth-order valence-electron chi connectivity index (χ4n) is 3.33. The van der Waals surface area contributed by atoms with Gasteiger partial charge < -0.3 is 65.1 Å². The minimum Gasteiger partial charge on any atom is -0.394 e. The highest BCUT2D eigenvalue weighted by Crippen LogP contribution is 2.23. The minimum atomic E-state index is -1.47. The molecule has 2 rings (SSSR count). The molecule has 13 heteroatoms. The second-order valence-corrected chi connectivity index (χ2v) is 7.59. The second-order valence-electron chi connectivity index (χ2n) is 7.59. The summed E-state index contributed by atoms with van der Waals surface area (Å²) < 4.78 is 21.2. The molecule has 13 nitrogen and oxygen atoms in total. The third kappa shape index (κ3) is 7.23. The van der Waals surface area contributed by atoms with Crippen LogP contribution in [0.5, 0.6) is 0 Å². The van der Waals surface area contributed by atoms with Gasteiger partial charge in [0.15, 0.2) is 12.6 Å². The molecule has 0 bridgehead atoms. The van der Waals surface area contributed by atoms with Crippen molar-refractivity contribution in [3.8, 4) is 0 Å². The van der Waals surface area contributed by atoms with Gasteiger partial charge in [-0.3, -0.25) is 0 Å². The van der Waals surface area contributed by atoms with Crippen LogP contribution in [0.3, 0.4) is 0 Å². The van der Waals surface area contributed by atoms with E-state index in [0.717, 1.165) is 0 Å². The van der Waals surface area contributed by atoms with Gasteiger partial charge in [-0.25, -0.2) is 0 Å². The van der Waals surface area contributed by atoms with Gasteiger partial charge in [-0.15, -0.1) is 0 Å². The van der Waals surface area contributed by atoms with Crippen LogP contribution in [-0.2, 0) is 18.9 Å². The molecule has 2 aliphatic rings. The first-order chi connectivity index (χ1) is 14.8. The average molecular weight is 457 g/mol. The molecule has 0 aromatic rings. The van der Waals surface area contributed by atoms with E-state index in [-0.39, 0.29) is 13.2 Å². The van der Waals surface area contributed by atoms with E-state index in [4.69, 9.17) is 29.2 Å². The summed E-state index contributed by atoms with van der Waals surface area (Å²) in [6, 6.07) is 0. The summed E-state index contributed by atoms with van der Waals surface area (Å²) >= 11 is 0. The third-order valence-electron chi connectivity index (χ3n) is 5.26. The number of rotatable bonds is 12. The summed E-state index contributed by atoms with van der Waals surface area (Å²) in [6.07, 6.45) is -11.9. The van der Waals surface area contributed by atoms with Gasteiger partial charge in [0.2, 0.25) is 0 Å². The van der Waals surface area contributed by atoms with Gasteiger partial charge in [0.25, 0.3) is 0 Å². The lowest BCUT2D eigenvalue weighted by Crippen LogP contribution is -2.59. The van der Waals surface area contributed by atoms with E-state index in [1.165, 1.54) is 0 Å². The molecule has 0 unspecified atom stereocenters. The highest BCUT2D eigenvalue weighted by atomic mass is 16.7. The second kappa shape index (κ2) is 13.3. The van der Waals surface area contributed by atoms with Gasteiger partial charge in [-0.1, -0.05) is 0 Å². The van der Waals surface area contributed by atoms with Crippen LogP contribution in [0.1, 0.15) is 12.8 Å². The van der Waals surface area contributed by atoms with Gasteiger partial charge in [0.05, 0.1) is 26.4 Å². The molecule has 0 saturated carbocycles. The van der Waals surface area contributed by atoms with E-state index < -0.39 is 74.6 Å². The molecule has 31 heavy (non-hydrogen) atoms. The number of aliphatic hydroxyl groups excluding tert-OH is 8. The quantitative estimate of drug-likeness (QED) is 0.126. The molecule has 9 N–H and O–H groups in total. The molecule has 0 aromatic carbocycles. The van der Waals surface area contributed by atoms with E-state index in [1.807, 2.05) is 0 Å². The Balaban J connectivity index is 1.53. The molecule has 10 atom stereocenters. The Morgan fingerprint density at radius 1 is 0.581 bits per heavy atom. The van der Waals surface area contributed by atoms with Crippen LogP contribution >= 0.6 is 0 Å². The van der Waals surface area contributed by atoms with Crippen molar-refractivity contribution in [3.05, 3.63) is 0 Å². The van der Waals surface area contributed by atoms with Crippen LogP contribution in [-0.4, -0.2) is 142 Å². The zero-order chi connectivity index (χ0) is 23.0. The lowest BCUT2D eigenvalue weighted by Gasteiger charge is -2.39. The number of nitrogens with one attached hydrogen (secondary N) is 1. The maximum absolute atomic E-state index is 9.87. The molecule has 2 fully saturated rings. The Morgan fingerprint density at radius 3 is 1.32 bits per heavy atom. The Morgan fingerprint density at radius 2 is 0.968 bits per heavy atom. The van der Waals surface area contributed by atoms with Gasteiger partial charge in [0, 0.05) is 0 Å². The van der Waals surface area contributed by atoms with Gasteiger partial charge in [0.1, 0.15) is 48.8 Å². The molecule has 0 spiro atoms. The van der Waals surface area contributed by atoms with E-state index in [2.05, 4.69) is 5.32 Å². The maximum Gasteiger partial charge on any atom is 0.186 e. The first kappa shape index (κ1) is 26.7. The van der Waals surface area contributed by atoms with Crippen molar-refractivity contribution < 1.29 is 59.8 Å². The monoisotopic (exact) mass is 457 g/mol. The Kier molecular flexibility index (Phi) is 11.4. The molecular formula is C18H35NO12. The predicted molar refractivity (Wildman–Crippen MR) is 102 cm³/mol. The molecule has 0 radical (unpaired) electrons. The number of aliphatic hydroxyl groups is 8. The lowest BCUT2D eigenvalue weighted by atomic mass is 9.99. The third-order valence-corrected chi connectivity index (χ3v) is 5.26. The van der Waals surface area contributed by atoms with Crippen molar-refractivity contribution in [1.82, 2.24) is 5.32 Å². The molecule has 2 saturated heterocycles. The minimum absolute atomic E-state index is 0.205. The predicted octanol–water partition coefficient (Wildman–Crippen LogP) is -5.01. The topological polar surface area (TPSA) is 211 Å². The largest absolute Gasteiger partial charge is 0.394 e. The van der Waals surface area contributed by atoms with Crippen LogP contribution in [0.2, 0.25) is 0 Å². The van der Waals surface area contributed by atoms with Crippen molar-refractivity contribution >= 4 is 0 Å². The summed E-state index contributed by atoms with van der Waals surface area (Å²) in [7, 11) is 0. The van der Waals surface area contributed by atoms with Crippen LogP contribution in [0.15, 0.2) is 0 Å². The van der Waals surface area contributed by atoms with Gasteiger partial charge in [-0.05, 0) is 25.9 Å². The Labute approximate surface area is 179 Å². The lowest BCUT2D eigenvalue weighted by molar-refractivity contribution is -0.301. The zero-order valence-corrected chi connectivity index (χ0v) is 17.1. The zero-order valence-electron chi connectivity index (χ0n) is 17.1. The van der Waals surface area contributed by atoms with Gasteiger partial charge in [-0.2, -0.15) is 0 Å². The van der Waals surface area contributed by atoms with Crippen LogP contribution < -0.4 is 5.32 Å². The summed E-state index contributed by atoms with van der Waals surface area (Å²) in [5, 5.41) is 79.9. The molecule has 2 aliphatic heterocycles. The smallest absolute Gasteiger partial charge is 0.186 e. The molecule has 0 aromatic heterocycles. The van der Waals surface area contributed by atoms with Crippen molar-refractivity contribution in [2.24, 2.45) is 0 Å². The normalized spacial score (nSPS) is 41.4. The Hall–Kier alpha value is -0.520. The van der Waals surface area contributed by atoms with Crippen molar-refractivity contribution in [3.63, 3.8) is 0 Å². The molecule has 184 valence electrons. The van der Waals surface area contributed by atoms with Crippen molar-refractivity contribution in [1.29, 1.82) is 0 Å². The first-order valence-corrected chi connectivity index (χ1v) is 10.4. The van der Waals surface area contributed by atoms with Crippen LogP contribution in [0.4, 0.5) is 0 Å². The molecule has 2 heterocycles. The van der Waals surface area contributed by atoms with Gasteiger partial charge >= 0.3 is 0 Å². The van der Waals surface area contributed by atoms with E-state index >= 15 is 0 Å². The summed E-state index contributed by atoms with van der Waals surface area (Å²) in [4.78, 5) is 0. The fraction of sp³-hybridized carbons (Fsp3) is 1.00. The van der Waals surface area contributed by atoms with Crippen molar-refractivity contribution in [2.45, 2.75) is 74.3 Å². The van der Waals surface area contributed by atoms with E-state index in [1.54, 1.807) is 0 Å². The Bertz CT molecular complexity index is 456. The highest BCUT2D eigenvalue weighted by molar-refractivity contribution is 4.89. The first-order valence-electron chi connectivity index (χ1n) is 10.4. The molecule has 0 amide bonds. The highest BCUT2D eigenvalue weighted by Gasteiger charge is 2.44. The number of hydrogen-bond donors (Lipinski definition) is 9. The standard InChI is InChI=1S/C18H35NO12/c20-7-9-11(22)13(24)15(26)17(30-9)28-5-1-3-19-4-2-6-29-18-16(27)14(25)12(23)10(8-21)31-18/h9-27H,1-8H2/t9-,10-,11-,12-,13+,14+,15+,16+,17+,18+/m1/s1. The summed E-state index contributed by atoms with van der Waals surface area (Å²) in [6.45, 7) is 0.512. The average Bonchev–Trinajstić information content (AvgIpc) is 2.77. The van der Waals surface area contributed by atoms with E-state index in [9.17, 15) is 30.6 Å². The number of ether oxygens (including phenoxy) is 4. The van der Waals surface area contributed by atoms with E-state index in [0.29, 0.717) is 25.9 Å².